The molecule has 0 bridgehead atoms. The second-order valence-electron chi connectivity index (χ2n) is 8.40. The highest BCUT2D eigenvalue weighted by atomic mass is 127. The second-order valence-corrected chi connectivity index (χ2v) is 8.40. The zero-order chi connectivity index (χ0) is 21.4. The van der Waals surface area contributed by atoms with E-state index in [0.717, 1.165) is 43.3 Å². The van der Waals surface area contributed by atoms with Gasteiger partial charge >= 0.3 is 6.09 Å². The number of alkyl carbamates (subject to hydrolysis) is 1. The van der Waals surface area contributed by atoms with Crippen molar-refractivity contribution in [2.75, 3.05) is 6.54 Å². The number of hydrogen-bond donors (Lipinski definition) is 3. The number of nitrogens with one attached hydrogen (secondary N) is 3. The van der Waals surface area contributed by atoms with Crippen LogP contribution in [0.1, 0.15) is 58.1 Å². The zero-order valence-electron chi connectivity index (χ0n) is 18.7. The molecule has 9 nitrogen and oxygen atoms in total. The molecule has 1 saturated carbocycles. The molecule has 0 unspecified atom stereocenters. The molecule has 0 aromatic carbocycles. The van der Waals surface area contributed by atoms with Gasteiger partial charge in [0.15, 0.2) is 11.8 Å². The number of carbonyl (C=O) groups is 1. The van der Waals surface area contributed by atoms with Crippen molar-refractivity contribution in [2.45, 2.75) is 77.6 Å². The molecule has 170 valence electrons. The zero-order valence-corrected chi connectivity index (χ0v) is 21.0. The monoisotopic (exact) mass is 533 g/mol. The van der Waals surface area contributed by atoms with Crippen molar-refractivity contribution in [3.8, 4) is 0 Å². The standard InChI is InChI=1S/C20H35N7O2.HI/c1-7-12-21-18(22-13-17-26-25-14(2)27(17)6)23-15-8-10-16(11-9-15)24-19(28)29-20(3,4)5;/h7,15-16H,1,8-13H2,2-6H3,(H,24,28)(H2,21,22,23);1H. The molecule has 30 heavy (non-hydrogen) atoms. The molecule has 1 aliphatic rings. The molecule has 1 fully saturated rings. The number of aromatic nitrogens is 3. The van der Waals surface area contributed by atoms with Crippen LogP contribution in [0.2, 0.25) is 0 Å². The van der Waals surface area contributed by atoms with Gasteiger partial charge in [-0.05, 0) is 53.4 Å². The van der Waals surface area contributed by atoms with E-state index in [-0.39, 0.29) is 36.1 Å². The minimum Gasteiger partial charge on any atom is -0.444 e. The average Bonchev–Trinajstić information content (AvgIpc) is 2.96. The van der Waals surface area contributed by atoms with Gasteiger partial charge in [-0.15, -0.1) is 40.8 Å². The van der Waals surface area contributed by atoms with Crippen LogP contribution in [0.15, 0.2) is 17.6 Å². The fraction of sp³-hybridized carbons (Fsp3) is 0.700. The van der Waals surface area contributed by atoms with Crippen LogP contribution in [0.4, 0.5) is 4.79 Å². The molecule has 0 saturated heterocycles. The van der Waals surface area contributed by atoms with Crippen LogP contribution in [-0.2, 0) is 18.3 Å². The molecule has 1 aromatic rings. The molecule has 0 radical (unpaired) electrons. The Labute approximate surface area is 196 Å². The van der Waals surface area contributed by atoms with Crippen LogP contribution < -0.4 is 16.0 Å². The molecule has 0 aliphatic heterocycles. The van der Waals surface area contributed by atoms with Gasteiger partial charge in [0.1, 0.15) is 18.0 Å². The van der Waals surface area contributed by atoms with Gasteiger partial charge in [-0.25, -0.2) is 9.79 Å². The average molecular weight is 533 g/mol. The van der Waals surface area contributed by atoms with Crippen molar-refractivity contribution < 1.29 is 9.53 Å². The van der Waals surface area contributed by atoms with Crippen LogP contribution >= 0.6 is 24.0 Å². The molecule has 1 aliphatic carbocycles. The molecule has 2 rings (SSSR count). The fourth-order valence-corrected chi connectivity index (χ4v) is 3.11. The van der Waals surface area contributed by atoms with Crippen molar-refractivity contribution in [1.29, 1.82) is 0 Å². The summed E-state index contributed by atoms with van der Waals surface area (Å²) in [5.74, 6) is 2.40. The van der Waals surface area contributed by atoms with Gasteiger partial charge in [0.25, 0.3) is 0 Å². The first-order valence-corrected chi connectivity index (χ1v) is 10.2. The Morgan fingerprint density at radius 3 is 2.33 bits per heavy atom. The first kappa shape index (κ1) is 26.2. The number of guanidine groups is 1. The Bertz CT molecular complexity index is 719. The Balaban J connectivity index is 0.00000450. The second kappa shape index (κ2) is 12.1. The van der Waals surface area contributed by atoms with Gasteiger partial charge in [-0.2, -0.15) is 0 Å². The van der Waals surface area contributed by atoms with Gasteiger partial charge < -0.3 is 25.3 Å². The quantitative estimate of drug-likeness (QED) is 0.225. The van der Waals surface area contributed by atoms with Gasteiger partial charge in [-0.1, -0.05) is 6.08 Å². The summed E-state index contributed by atoms with van der Waals surface area (Å²) < 4.78 is 7.28. The van der Waals surface area contributed by atoms with E-state index >= 15 is 0 Å². The number of carbonyl (C=O) groups excluding carboxylic acids is 1. The number of ether oxygens (including phenoxy) is 1. The number of aryl methyl sites for hydroxylation is 1. The lowest BCUT2D eigenvalue weighted by molar-refractivity contribution is 0.0490. The predicted octanol–water partition coefficient (Wildman–Crippen LogP) is 2.80. The Morgan fingerprint density at radius 1 is 1.23 bits per heavy atom. The SMILES string of the molecule is C=CCNC(=NCc1nnc(C)n1C)NC1CCC(NC(=O)OC(C)(C)C)CC1.I. The third kappa shape index (κ3) is 8.88. The molecule has 0 spiro atoms. The number of amides is 1. The molecule has 1 heterocycles. The normalized spacial score (nSPS) is 19.4. The maximum absolute atomic E-state index is 12.0. The highest BCUT2D eigenvalue weighted by Crippen LogP contribution is 2.19. The topological polar surface area (TPSA) is 105 Å². The van der Waals surface area contributed by atoms with Gasteiger partial charge in [0, 0.05) is 25.7 Å². The predicted molar refractivity (Wildman–Crippen MR) is 129 cm³/mol. The van der Waals surface area contributed by atoms with Crippen molar-refractivity contribution in [1.82, 2.24) is 30.7 Å². The molecule has 10 heteroatoms. The summed E-state index contributed by atoms with van der Waals surface area (Å²) in [4.78, 5) is 16.6. The van der Waals surface area contributed by atoms with Crippen LogP contribution in [-0.4, -0.2) is 51.0 Å². The molecular formula is C20H36IN7O2. The van der Waals surface area contributed by atoms with Gasteiger partial charge in [0.2, 0.25) is 0 Å². The first-order valence-electron chi connectivity index (χ1n) is 10.2. The van der Waals surface area contributed by atoms with Crippen LogP contribution in [0.3, 0.4) is 0 Å². The maximum Gasteiger partial charge on any atom is 0.407 e. The minimum absolute atomic E-state index is 0. The van der Waals surface area contributed by atoms with E-state index in [1.165, 1.54) is 0 Å². The van der Waals surface area contributed by atoms with Crippen molar-refractivity contribution in [3.63, 3.8) is 0 Å². The van der Waals surface area contributed by atoms with E-state index in [1.807, 2.05) is 39.3 Å². The lowest BCUT2D eigenvalue weighted by atomic mass is 9.91. The smallest absolute Gasteiger partial charge is 0.407 e. The van der Waals surface area contributed by atoms with E-state index < -0.39 is 5.60 Å². The molecule has 0 atom stereocenters. The third-order valence-electron chi connectivity index (χ3n) is 4.76. The van der Waals surface area contributed by atoms with Gasteiger partial charge in [0.05, 0.1) is 0 Å². The van der Waals surface area contributed by atoms with Gasteiger partial charge in [-0.3, -0.25) is 0 Å². The lowest BCUT2D eigenvalue weighted by Gasteiger charge is -2.31. The van der Waals surface area contributed by atoms with E-state index in [9.17, 15) is 4.79 Å². The Hall–Kier alpha value is -1.85. The van der Waals surface area contributed by atoms with Crippen molar-refractivity contribution >= 4 is 36.0 Å². The highest BCUT2D eigenvalue weighted by Gasteiger charge is 2.25. The number of rotatable bonds is 6. The van der Waals surface area contributed by atoms with Crippen LogP contribution in [0, 0.1) is 6.92 Å². The maximum atomic E-state index is 12.0. The molecule has 1 aromatic heterocycles. The van der Waals surface area contributed by atoms with Crippen LogP contribution in [0.5, 0.6) is 0 Å². The summed E-state index contributed by atoms with van der Waals surface area (Å²) in [6.07, 6.45) is 5.13. The van der Waals surface area contributed by atoms with E-state index in [0.29, 0.717) is 19.1 Å². The third-order valence-corrected chi connectivity index (χ3v) is 4.76. The van der Waals surface area contributed by atoms with Crippen LogP contribution in [0.25, 0.3) is 0 Å². The number of hydrogen-bond acceptors (Lipinski definition) is 5. The Morgan fingerprint density at radius 2 is 1.83 bits per heavy atom. The summed E-state index contributed by atoms with van der Waals surface area (Å²) in [5.41, 5.74) is -0.480. The fourth-order valence-electron chi connectivity index (χ4n) is 3.11. The van der Waals surface area contributed by atoms with E-state index in [1.54, 1.807) is 6.08 Å². The minimum atomic E-state index is -0.480. The molecule has 1 amide bonds. The summed E-state index contributed by atoms with van der Waals surface area (Å²) in [6.45, 7) is 12.3. The largest absolute Gasteiger partial charge is 0.444 e. The van der Waals surface area contributed by atoms with E-state index in [2.05, 4.69) is 37.7 Å². The Kier molecular flexibility index (Phi) is 10.6. The molecule has 3 N–H and O–H groups in total. The van der Waals surface area contributed by atoms with Crippen molar-refractivity contribution in [2.24, 2.45) is 12.0 Å². The summed E-state index contributed by atoms with van der Waals surface area (Å²) in [6, 6.07) is 0.440. The molecular weight excluding hydrogens is 497 g/mol. The first-order chi connectivity index (χ1) is 13.7. The summed E-state index contributed by atoms with van der Waals surface area (Å²) in [7, 11) is 1.93. The summed E-state index contributed by atoms with van der Waals surface area (Å²) >= 11 is 0. The van der Waals surface area contributed by atoms with Crippen molar-refractivity contribution in [3.05, 3.63) is 24.3 Å². The lowest BCUT2D eigenvalue weighted by Crippen LogP contribution is -2.48. The number of aliphatic imine (C=N–C) groups is 1. The summed E-state index contributed by atoms with van der Waals surface area (Å²) in [5, 5.41) is 17.9. The van der Waals surface area contributed by atoms with E-state index in [4.69, 9.17) is 4.74 Å². The highest BCUT2D eigenvalue weighted by molar-refractivity contribution is 14.0. The number of nitrogens with zero attached hydrogens (tertiary/aromatic N) is 4. The number of halogens is 1.